The van der Waals surface area contributed by atoms with Crippen molar-refractivity contribution in [1.82, 2.24) is 9.97 Å². The van der Waals surface area contributed by atoms with E-state index in [1.807, 2.05) is 6.07 Å². The molecule has 0 aliphatic rings. The van der Waals surface area contributed by atoms with Crippen molar-refractivity contribution < 1.29 is 9.90 Å². The molecule has 2 aromatic carbocycles. The van der Waals surface area contributed by atoms with E-state index in [1.165, 1.54) is 5.56 Å². The fraction of sp³-hybridized carbons (Fsp3) is 0.176. The lowest BCUT2D eigenvalue weighted by atomic mass is 10.0. The minimum absolute atomic E-state index is 0.275. The second-order valence-electron chi connectivity index (χ2n) is 5.40. The first-order chi connectivity index (χ1) is 10.0. The van der Waals surface area contributed by atoms with Gasteiger partial charge in [-0.05, 0) is 35.7 Å². The number of nitrogens with one attached hydrogen (secondary N) is 1. The van der Waals surface area contributed by atoms with Crippen molar-refractivity contribution >= 4 is 17.0 Å². The van der Waals surface area contributed by atoms with Crippen LogP contribution in [0, 0.1) is 0 Å². The number of carbonyl (C=O) groups is 1. The molecule has 3 rings (SSSR count). The van der Waals surface area contributed by atoms with Crippen LogP contribution in [0.2, 0.25) is 0 Å². The Kier molecular flexibility index (Phi) is 3.22. The molecule has 1 aromatic heterocycles. The number of nitrogens with zero attached hydrogens (tertiary/aromatic N) is 1. The molecule has 0 aliphatic carbocycles. The summed E-state index contributed by atoms with van der Waals surface area (Å²) in [7, 11) is 0. The Bertz CT molecular complexity index is 801. The van der Waals surface area contributed by atoms with E-state index in [-0.39, 0.29) is 5.56 Å². The van der Waals surface area contributed by atoms with Gasteiger partial charge in [0.25, 0.3) is 0 Å². The molecule has 0 aliphatic heterocycles. The van der Waals surface area contributed by atoms with Crippen molar-refractivity contribution in [2.75, 3.05) is 0 Å². The number of H-pyrrole nitrogens is 1. The first kappa shape index (κ1) is 13.4. The lowest BCUT2D eigenvalue weighted by Crippen LogP contribution is -1.95. The second-order valence-corrected chi connectivity index (χ2v) is 5.40. The van der Waals surface area contributed by atoms with Crippen molar-refractivity contribution in [1.29, 1.82) is 0 Å². The summed E-state index contributed by atoms with van der Waals surface area (Å²) < 4.78 is 0. The van der Waals surface area contributed by atoms with Crippen LogP contribution in [-0.2, 0) is 0 Å². The minimum Gasteiger partial charge on any atom is -0.478 e. The zero-order valence-electron chi connectivity index (χ0n) is 11.9. The number of carboxylic acid groups (broad SMARTS) is 1. The van der Waals surface area contributed by atoms with E-state index >= 15 is 0 Å². The SMILES string of the molecule is CC(C)c1ccc2nc(-c3ccc(C(=O)O)cc3)[nH]c2c1. The minimum atomic E-state index is -0.923. The van der Waals surface area contributed by atoms with Crippen molar-refractivity contribution in [2.24, 2.45) is 0 Å². The fourth-order valence-electron chi connectivity index (χ4n) is 2.29. The Morgan fingerprint density at radius 1 is 1.14 bits per heavy atom. The largest absolute Gasteiger partial charge is 0.478 e. The molecule has 106 valence electrons. The van der Waals surface area contributed by atoms with E-state index in [9.17, 15) is 4.79 Å². The van der Waals surface area contributed by atoms with Crippen LogP contribution in [-0.4, -0.2) is 21.0 Å². The van der Waals surface area contributed by atoms with Crippen molar-refractivity contribution in [3.8, 4) is 11.4 Å². The van der Waals surface area contributed by atoms with Gasteiger partial charge in [0.2, 0.25) is 0 Å². The Morgan fingerprint density at radius 3 is 2.48 bits per heavy atom. The number of aromatic amines is 1. The number of benzene rings is 2. The molecule has 0 saturated carbocycles. The molecule has 4 heteroatoms. The van der Waals surface area contributed by atoms with Gasteiger partial charge in [0.1, 0.15) is 5.82 Å². The Hall–Kier alpha value is -2.62. The lowest BCUT2D eigenvalue weighted by molar-refractivity contribution is 0.0697. The topological polar surface area (TPSA) is 66.0 Å². The number of fused-ring (bicyclic) bond motifs is 1. The van der Waals surface area contributed by atoms with Gasteiger partial charge in [-0.3, -0.25) is 0 Å². The zero-order chi connectivity index (χ0) is 15.0. The van der Waals surface area contributed by atoms with Crippen LogP contribution in [0.1, 0.15) is 35.7 Å². The summed E-state index contributed by atoms with van der Waals surface area (Å²) >= 11 is 0. The molecule has 21 heavy (non-hydrogen) atoms. The molecule has 0 saturated heterocycles. The fourth-order valence-corrected chi connectivity index (χ4v) is 2.29. The zero-order valence-corrected chi connectivity index (χ0v) is 11.9. The highest BCUT2D eigenvalue weighted by Crippen LogP contribution is 2.24. The highest BCUT2D eigenvalue weighted by atomic mass is 16.4. The van der Waals surface area contributed by atoms with Gasteiger partial charge in [-0.25, -0.2) is 9.78 Å². The highest BCUT2D eigenvalue weighted by molar-refractivity contribution is 5.88. The quantitative estimate of drug-likeness (QED) is 0.760. The summed E-state index contributed by atoms with van der Waals surface area (Å²) in [6.07, 6.45) is 0. The molecule has 3 aromatic rings. The first-order valence-electron chi connectivity index (χ1n) is 6.88. The van der Waals surface area contributed by atoms with Crippen molar-refractivity contribution in [3.05, 3.63) is 53.6 Å². The van der Waals surface area contributed by atoms with Crippen LogP contribution in [0.3, 0.4) is 0 Å². The number of aromatic carboxylic acids is 1. The number of rotatable bonds is 3. The average Bonchev–Trinajstić information content (AvgIpc) is 2.90. The third kappa shape index (κ3) is 2.52. The molecule has 0 amide bonds. The molecule has 2 N–H and O–H groups in total. The normalized spacial score (nSPS) is 11.2. The summed E-state index contributed by atoms with van der Waals surface area (Å²) in [4.78, 5) is 18.7. The molecular formula is C17H16N2O2. The van der Waals surface area contributed by atoms with E-state index < -0.39 is 5.97 Å². The summed E-state index contributed by atoms with van der Waals surface area (Å²) in [5.74, 6) is 0.298. The molecule has 0 bridgehead atoms. The van der Waals surface area contributed by atoms with E-state index in [0.29, 0.717) is 5.92 Å². The van der Waals surface area contributed by atoms with Gasteiger partial charge in [0, 0.05) is 5.56 Å². The van der Waals surface area contributed by atoms with Crippen LogP contribution in [0.15, 0.2) is 42.5 Å². The molecule has 0 fully saturated rings. The van der Waals surface area contributed by atoms with Gasteiger partial charge < -0.3 is 10.1 Å². The summed E-state index contributed by atoms with van der Waals surface area (Å²) in [6, 6.07) is 12.9. The maximum atomic E-state index is 10.9. The summed E-state index contributed by atoms with van der Waals surface area (Å²) in [6.45, 7) is 4.31. The monoisotopic (exact) mass is 280 g/mol. The number of hydrogen-bond donors (Lipinski definition) is 2. The number of aromatic nitrogens is 2. The Labute approximate surface area is 122 Å². The Morgan fingerprint density at radius 2 is 1.86 bits per heavy atom. The van der Waals surface area contributed by atoms with Crippen molar-refractivity contribution in [2.45, 2.75) is 19.8 Å². The molecule has 0 radical (unpaired) electrons. The van der Waals surface area contributed by atoms with Gasteiger partial charge in [0.05, 0.1) is 16.6 Å². The predicted molar refractivity (Wildman–Crippen MR) is 82.6 cm³/mol. The van der Waals surface area contributed by atoms with Gasteiger partial charge in [-0.2, -0.15) is 0 Å². The van der Waals surface area contributed by atoms with Crippen LogP contribution >= 0.6 is 0 Å². The number of imidazole rings is 1. The molecular weight excluding hydrogens is 264 g/mol. The summed E-state index contributed by atoms with van der Waals surface area (Å²) in [5, 5.41) is 8.92. The van der Waals surface area contributed by atoms with E-state index in [1.54, 1.807) is 24.3 Å². The molecule has 0 atom stereocenters. The van der Waals surface area contributed by atoms with Crippen LogP contribution in [0.4, 0.5) is 0 Å². The molecule has 4 nitrogen and oxygen atoms in total. The summed E-state index contributed by atoms with van der Waals surface area (Å²) in [5.41, 5.74) is 4.33. The maximum Gasteiger partial charge on any atom is 0.335 e. The van der Waals surface area contributed by atoms with Crippen LogP contribution in [0.5, 0.6) is 0 Å². The third-order valence-corrected chi connectivity index (χ3v) is 3.58. The number of carboxylic acids is 1. The Balaban J connectivity index is 2.02. The molecule has 0 unspecified atom stereocenters. The predicted octanol–water partition coefficient (Wildman–Crippen LogP) is 4.05. The second kappa shape index (κ2) is 5.05. The van der Waals surface area contributed by atoms with E-state index in [4.69, 9.17) is 5.11 Å². The van der Waals surface area contributed by atoms with Gasteiger partial charge >= 0.3 is 5.97 Å². The maximum absolute atomic E-state index is 10.9. The first-order valence-corrected chi connectivity index (χ1v) is 6.88. The standard InChI is InChI=1S/C17H16N2O2/c1-10(2)13-7-8-14-15(9-13)19-16(18-14)11-3-5-12(6-4-11)17(20)21/h3-10H,1-2H3,(H,18,19)(H,20,21). The van der Waals surface area contributed by atoms with Crippen LogP contribution in [0.25, 0.3) is 22.4 Å². The van der Waals surface area contributed by atoms with Crippen molar-refractivity contribution in [3.63, 3.8) is 0 Å². The van der Waals surface area contributed by atoms with Gasteiger partial charge in [-0.1, -0.05) is 32.0 Å². The molecule has 1 heterocycles. The average molecular weight is 280 g/mol. The molecule has 0 spiro atoms. The lowest BCUT2D eigenvalue weighted by Gasteiger charge is -2.03. The van der Waals surface area contributed by atoms with Crippen LogP contribution < -0.4 is 0 Å². The van der Waals surface area contributed by atoms with E-state index in [2.05, 4.69) is 35.9 Å². The number of hydrogen-bond acceptors (Lipinski definition) is 2. The third-order valence-electron chi connectivity index (χ3n) is 3.58. The van der Waals surface area contributed by atoms with Gasteiger partial charge in [0.15, 0.2) is 0 Å². The van der Waals surface area contributed by atoms with E-state index in [0.717, 1.165) is 22.4 Å². The highest BCUT2D eigenvalue weighted by Gasteiger charge is 2.08. The smallest absolute Gasteiger partial charge is 0.335 e. The van der Waals surface area contributed by atoms with Gasteiger partial charge in [-0.15, -0.1) is 0 Å².